The summed E-state index contributed by atoms with van der Waals surface area (Å²) in [6, 6.07) is 8.94. The van der Waals surface area contributed by atoms with Gasteiger partial charge in [-0.25, -0.2) is 4.39 Å². The molecule has 1 aromatic carbocycles. The summed E-state index contributed by atoms with van der Waals surface area (Å²) >= 11 is 3.35. The molecule has 20 heavy (non-hydrogen) atoms. The third-order valence-electron chi connectivity index (χ3n) is 3.11. The molecule has 108 valence electrons. The molecular formula is C16H19BrFNO. The molecular weight excluding hydrogens is 321 g/mol. The Kier molecular flexibility index (Phi) is 5.38. The lowest BCUT2D eigenvalue weighted by atomic mass is 10.1. The van der Waals surface area contributed by atoms with Crippen LogP contribution in [0.3, 0.4) is 0 Å². The molecule has 0 aliphatic carbocycles. The van der Waals surface area contributed by atoms with Crippen molar-refractivity contribution >= 4 is 15.9 Å². The van der Waals surface area contributed by atoms with E-state index in [4.69, 9.17) is 4.42 Å². The molecule has 2 aromatic rings. The molecule has 1 N–H and O–H groups in total. The molecule has 0 fully saturated rings. The molecule has 0 bridgehead atoms. The Balaban J connectivity index is 2.10. The average molecular weight is 340 g/mol. The molecule has 0 amide bonds. The molecule has 2 rings (SSSR count). The molecule has 1 atom stereocenters. The van der Waals surface area contributed by atoms with Gasteiger partial charge in [0.05, 0.1) is 5.56 Å². The van der Waals surface area contributed by atoms with Crippen LogP contribution < -0.4 is 5.32 Å². The van der Waals surface area contributed by atoms with Crippen molar-refractivity contribution in [3.8, 4) is 11.3 Å². The molecule has 4 heteroatoms. The molecule has 1 unspecified atom stereocenters. The van der Waals surface area contributed by atoms with E-state index >= 15 is 0 Å². The summed E-state index contributed by atoms with van der Waals surface area (Å²) in [5, 5.41) is 3.41. The Hall–Kier alpha value is -1.13. The zero-order chi connectivity index (χ0) is 14.5. The first-order chi connectivity index (χ1) is 9.60. The highest BCUT2D eigenvalue weighted by molar-refractivity contribution is 9.10. The van der Waals surface area contributed by atoms with Crippen LogP contribution in [-0.2, 0) is 6.42 Å². The Morgan fingerprint density at radius 3 is 2.85 bits per heavy atom. The number of benzene rings is 1. The van der Waals surface area contributed by atoms with Crippen LogP contribution in [0.1, 0.15) is 26.0 Å². The van der Waals surface area contributed by atoms with Crippen molar-refractivity contribution in [1.29, 1.82) is 0 Å². The van der Waals surface area contributed by atoms with Crippen molar-refractivity contribution in [3.63, 3.8) is 0 Å². The minimum atomic E-state index is -0.272. The Bertz CT molecular complexity index is 567. The number of halogens is 2. The van der Waals surface area contributed by atoms with Gasteiger partial charge in [0.2, 0.25) is 0 Å². The second-order valence-corrected chi connectivity index (χ2v) is 5.87. The molecule has 1 aromatic heterocycles. The highest BCUT2D eigenvalue weighted by Crippen LogP contribution is 2.28. The zero-order valence-electron chi connectivity index (χ0n) is 11.7. The van der Waals surface area contributed by atoms with Crippen LogP contribution in [0.2, 0.25) is 0 Å². The minimum Gasteiger partial charge on any atom is -0.461 e. The first-order valence-corrected chi connectivity index (χ1v) is 7.67. The van der Waals surface area contributed by atoms with Crippen molar-refractivity contribution < 1.29 is 8.81 Å². The summed E-state index contributed by atoms with van der Waals surface area (Å²) in [6.07, 6.45) is 1.91. The number of furan rings is 1. The summed E-state index contributed by atoms with van der Waals surface area (Å²) < 4.78 is 20.4. The minimum absolute atomic E-state index is 0.272. The van der Waals surface area contributed by atoms with E-state index < -0.39 is 0 Å². The molecule has 0 saturated carbocycles. The van der Waals surface area contributed by atoms with E-state index in [0.29, 0.717) is 17.4 Å². The fourth-order valence-electron chi connectivity index (χ4n) is 2.08. The van der Waals surface area contributed by atoms with Gasteiger partial charge in [0, 0.05) is 16.9 Å². The lowest BCUT2D eigenvalue weighted by molar-refractivity contribution is 0.462. The van der Waals surface area contributed by atoms with Crippen LogP contribution in [0.15, 0.2) is 39.2 Å². The standard InChI is InChI=1S/C16H19BrFNO/c1-3-8-19-11(2)9-13-5-7-16(20-13)14-10-12(17)4-6-15(14)18/h4-7,10-11,19H,3,8-9H2,1-2H3. The SMILES string of the molecule is CCCNC(C)Cc1ccc(-c2cc(Br)ccc2F)o1. The number of hydrogen-bond donors (Lipinski definition) is 1. The first-order valence-electron chi connectivity index (χ1n) is 6.87. The largest absolute Gasteiger partial charge is 0.461 e. The Morgan fingerprint density at radius 2 is 2.10 bits per heavy atom. The third-order valence-corrected chi connectivity index (χ3v) is 3.60. The van der Waals surface area contributed by atoms with Gasteiger partial charge in [0.15, 0.2) is 0 Å². The lowest BCUT2D eigenvalue weighted by Gasteiger charge is -2.11. The second-order valence-electron chi connectivity index (χ2n) is 4.95. The van der Waals surface area contributed by atoms with Gasteiger partial charge in [-0.3, -0.25) is 0 Å². The zero-order valence-corrected chi connectivity index (χ0v) is 13.3. The van der Waals surface area contributed by atoms with Crippen LogP contribution in [0, 0.1) is 5.82 Å². The predicted molar refractivity (Wildman–Crippen MR) is 83.3 cm³/mol. The van der Waals surface area contributed by atoms with Crippen LogP contribution >= 0.6 is 15.9 Å². The summed E-state index contributed by atoms with van der Waals surface area (Å²) in [6.45, 7) is 5.26. The van der Waals surface area contributed by atoms with E-state index in [2.05, 4.69) is 35.1 Å². The number of hydrogen-bond acceptors (Lipinski definition) is 2. The maximum absolute atomic E-state index is 13.8. The normalized spacial score (nSPS) is 12.6. The van der Waals surface area contributed by atoms with E-state index in [9.17, 15) is 4.39 Å². The molecule has 0 saturated heterocycles. The summed E-state index contributed by atoms with van der Waals surface area (Å²) in [5.74, 6) is 1.17. The van der Waals surface area contributed by atoms with Crippen LogP contribution in [0.5, 0.6) is 0 Å². The van der Waals surface area contributed by atoms with E-state index in [1.807, 2.05) is 12.1 Å². The van der Waals surface area contributed by atoms with Gasteiger partial charge >= 0.3 is 0 Å². The number of nitrogens with one attached hydrogen (secondary N) is 1. The molecule has 1 heterocycles. The fraction of sp³-hybridized carbons (Fsp3) is 0.375. The van der Waals surface area contributed by atoms with Gasteiger partial charge < -0.3 is 9.73 Å². The summed E-state index contributed by atoms with van der Waals surface area (Å²) in [4.78, 5) is 0. The van der Waals surface area contributed by atoms with Crippen molar-refractivity contribution in [2.24, 2.45) is 0 Å². The van der Waals surface area contributed by atoms with Gasteiger partial charge in [-0.2, -0.15) is 0 Å². The van der Waals surface area contributed by atoms with E-state index in [0.717, 1.165) is 29.6 Å². The maximum atomic E-state index is 13.8. The van der Waals surface area contributed by atoms with Gasteiger partial charge in [0.1, 0.15) is 17.3 Å². The van der Waals surface area contributed by atoms with E-state index in [-0.39, 0.29) is 5.82 Å². The molecule has 0 aliphatic heterocycles. The van der Waals surface area contributed by atoms with Crippen LogP contribution in [0.4, 0.5) is 4.39 Å². The van der Waals surface area contributed by atoms with E-state index in [1.165, 1.54) is 6.07 Å². The quantitative estimate of drug-likeness (QED) is 0.819. The smallest absolute Gasteiger partial charge is 0.137 e. The molecule has 0 aliphatic rings. The Labute approximate surface area is 127 Å². The van der Waals surface area contributed by atoms with Gasteiger partial charge in [0.25, 0.3) is 0 Å². The predicted octanol–water partition coefficient (Wildman–Crippen LogP) is 4.78. The van der Waals surface area contributed by atoms with Gasteiger partial charge in [-0.15, -0.1) is 0 Å². The second kappa shape index (κ2) is 7.04. The van der Waals surface area contributed by atoms with Crippen molar-refractivity contribution in [2.45, 2.75) is 32.7 Å². The number of rotatable bonds is 6. The Morgan fingerprint density at radius 1 is 1.30 bits per heavy atom. The summed E-state index contributed by atoms with van der Waals surface area (Å²) in [7, 11) is 0. The highest BCUT2D eigenvalue weighted by Gasteiger charge is 2.12. The van der Waals surface area contributed by atoms with Gasteiger partial charge in [-0.05, 0) is 50.2 Å². The molecule has 0 radical (unpaired) electrons. The van der Waals surface area contributed by atoms with Gasteiger partial charge in [-0.1, -0.05) is 22.9 Å². The average Bonchev–Trinajstić information content (AvgIpc) is 2.87. The fourth-order valence-corrected chi connectivity index (χ4v) is 2.44. The third kappa shape index (κ3) is 3.93. The first kappa shape index (κ1) is 15.3. The van der Waals surface area contributed by atoms with Crippen molar-refractivity contribution in [1.82, 2.24) is 5.32 Å². The van der Waals surface area contributed by atoms with Crippen LogP contribution in [0.25, 0.3) is 11.3 Å². The monoisotopic (exact) mass is 339 g/mol. The van der Waals surface area contributed by atoms with Crippen molar-refractivity contribution in [3.05, 3.63) is 46.4 Å². The molecule has 0 spiro atoms. The van der Waals surface area contributed by atoms with E-state index in [1.54, 1.807) is 12.1 Å². The maximum Gasteiger partial charge on any atom is 0.137 e. The van der Waals surface area contributed by atoms with Crippen molar-refractivity contribution in [2.75, 3.05) is 6.54 Å². The summed E-state index contributed by atoms with van der Waals surface area (Å²) in [5.41, 5.74) is 0.486. The molecule has 2 nitrogen and oxygen atoms in total. The lowest BCUT2D eigenvalue weighted by Crippen LogP contribution is -2.28. The highest BCUT2D eigenvalue weighted by atomic mass is 79.9. The topological polar surface area (TPSA) is 25.2 Å². The van der Waals surface area contributed by atoms with Crippen LogP contribution in [-0.4, -0.2) is 12.6 Å².